The summed E-state index contributed by atoms with van der Waals surface area (Å²) in [5.74, 6) is -1.25. The second-order valence-electron chi connectivity index (χ2n) is 4.85. The van der Waals surface area contributed by atoms with Crippen LogP contribution in [0.5, 0.6) is 11.5 Å². The second kappa shape index (κ2) is 15.1. The molecule has 0 atom stereocenters. The summed E-state index contributed by atoms with van der Waals surface area (Å²) in [5.41, 5.74) is 1.83. The van der Waals surface area contributed by atoms with Crippen LogP contribution in [0.1, 0.15) is 11.1 Å². The number of carboxylic acid groups (broad SMARTS) is 2. The molecule has 128 valence electrons. The van der Waals surface area contributed by atoms with Crippen molar-refractivity contribution in [2.24, 2.45) is 0 Å². The average Bonchev–Trinajstić information content (AvgIpc) is 2.54. The molecule has 0 heterocycles. The minimum absolute atomic E-state index is 0. The largest absolute Gasteiger partial charge is 1.00 e. The Balaban J connectivity index is 0. The van der Waals surface area contributed by atoms with E-state index in [1.807, 2.05) is 38.1 Å². The number of benzene rings is 2. The molecule has 0 N–H and O–H groups in total. The number of para-hydroxylation sites is 2. The maximum Gasteiger partial charge on any atom is 1.00 e. The molecule has 2 aromatic rings. The van der Waals surface area contributed by atoms with Crippen LogP contribution < -0.4 is 78.8 Å². The molecule has 0 aliphatic rings. The summed E-state index contributed by atoms with van der Waals surface area (Å²) in [4.78, 5) is 20.1. The Kier molecular flexibility index (Phi) is 15.8. The van der Waals surface area contributed by atoms with Gasteiger partial charge in [0.05, 0.1) is 11.9 Å². The zero-order chi connectivity index (χ0) is 17.9. The van der Waals surface area contributed by atoms with Crippen molar-refractivity contribution in [1.29, 1.82) is 0 Å². The van der Waals surface area contributed by atoms with Gasteiger partial charge in [-0.3, -0.25) is 0 Å². The summed E-state index contributed by atoms with van der Waals surface area (Å²) in [6, 6.07) is 14.4. The van der Waals surface area contributed by atoms with E-state index >= 15 is 0 Å². The van der Waals surface area contributed by atoms with Gasteiger partial charge in [0, 0.05) is 0 Å². The number of hydrogen-bond acceptors (Lipinski definition) is 6. The Hall–Kier alpha value is -1.02. The molecule has 2 rings (SSSR count). The number of carboxylic acids is 2. The van der Waals surface area contributed by atoms with Gasteiger partial charge in [-0.2, -0.15) is 0 Å². The van der Waals surface area contributed by atoms with Crippen molar-refractivity contribution in [2.75, 3.05) is 13.2 Å². The van der Waals surface area contributed by atoms with Crippen LogP contribution in [-0.4, -0.2) is 25.2 Å². The number of hydrogen-bond donors (Lipinski definition) is 0. The van der Waals surface area contributed by atoms with Crippen LogP contribution in [-0.2, 0) is 9.59 Å². The Morgan fingerprint density at radius 1 is 0.731 bits per heavy atom. The van der Waals surface area contributed by atoms with E-state index in [1.54, 1.807) is 24.3 Å². The minimum atomic E-state index is -1.21. The number of carbonyl (C=O) groups excluding carboxylic acids is 2. The Morgan fingerprint density at radius 2 is 1.04 bits per heavy atom. The SMILES string of the molecule is Cc1ccccc1OCC(=O)[O-].Cc1ccccc1OCC(=O)[O-].[Na+].[Na+]. The third-order valence-corrected chi connectivity index (χ3v) is 2.88. The molecule has 0 aromatic heterocycles. The average molecular weight is 376 g/mol. The molecule has 0 amide bonds. The molecule has 0 bridgehead atoms. The summed E-state index contributed by atoms with van der Waals surface area (Å²) in [6.07, 6.45) is 0. The van der Waals surface area contributed by atoms with Crippen LogP contribution in [0.25, 0.3) is 0 Å². The fraction of sp³-hybridized carbons (Fsp3) is 0.222. The molecule has 2 aromatic carbocycles. The van der Waals surface area contributed by atoms with E-state index in [4.69, 9.17) is 9.47 Å². The zero-order valence-corrected chi connectivity index (χ0v) is 19.5. The van der Waals surface area contributed by atoms with Crippen LogP contribution in [0.15, 0.2) is 48.5 Å². The molecule has 0 saturated heterocycles. The molecule has 0 aliphatic heterocycles. The molecule has 0 fully saturated rings. The fourth-order valence-corrected chi connectivity index (χ4v) is 1.71. The third kappa shape index (κ3) is 11.6. The predicted molar refractivity (Wildman–Crippen MR) is 83.4 cm³/mol. The second-order valence-corrected chi connectivity index (χ2v) is 4.85. The molecule has 6 nitrogen and oxygen atoms in total. The van der Waals surface area contributed by atoms with Crippen molar-refractivity contribution in [2.45, 2.75) is 13.8 Å². The van der Waals surface area contributed by atoms with Gasteiger partial charge in [0.15, 0.2) is 0 Å². The van der Waals surface area contributed by atoms with Gasteiger partial charge in [0.1, 0.15) is 24.7 Å². The van der Waals surface area contributed by atoms with Crippen molar-refractivity contribution in [3.05, 3.63) is 59.7 Å². The van der Waals surface area contributed by atoms with E-state index in [2.05, 4.69) is 0 Å². The number of aryl methyl sites for hydroxylation is 2. The summed E-state index contributed by atoms with van der Waals surface area (Å²) in [5, 5.41) is 20.1. The van der Waals surface area contributed by atoms with Gasteiger partial charge in [-0.1, -0.05) is 36.4 Å². The predicted octanol–water partition coefficient (Wildman–Crippen LogP) is -5.74. The Labute approximate surface area is 197 Å². The first kappa shape index (κ1) is 27.2. The first-order chi connectivity index (χ1) is 11.4. The van der Waals surface area contributed by atoms with Gasteiger partial charge in [-0.05, 0) is 37.1 Å². The van der Waals surface area contributed by atoms with E-state index in [0.29, 0.717) is 11.5 Å². The summed E-state index contributed by atoms with van der Waals surface area (Å²) >= 11 is 0. The summed E-state index contributed by atoms with van der Waals surface area (Å²) in [6.45, 7) is 2.91. The third-order valence-electron chi connectivity index (χ3n) is 2.88. The van der Waals surface area contributed by atoms with Crippen LogP contribution in [0.3, 0.4) is 0 Å². The van der Waals surface area contributed by atoms with Crippen LogP contribution in [0.4, 0.5) is 0 Å². The van der Waals surface area contributed by atoms with Crippen molar-refractivity contribution in [3.63, 3.8) is 0 Å². The molecule has 0 spiro atoms. The van der Waals surface area contributed by atoms with Gasteiger partial charge in [-0.15, -0.1) is 0 Å². The molecular weight excluding hydrogens is 358 g/mol. The molecule has 0 unspecified atom stereocenters. The molecular formula is C18H18Na2O6. The smallest absolute Gasteiger partial charge is 0.546 e. The van der Waals surface area contributed by atoms with Gasteiger partial charge < -0.3 is 29.3 Å². The van der Waals surface area contributed by atoms with Gasteiger partial charge >= 0.3 is 59.1 Å². The zero-order valence-electron chi connectivity index (χ0n) is 15.5. The maximum absolute atomic E-state index is 10.0. The monoisotopic (exact) mass is 376 g/mol. The van der Waals surface area contributed by atoms with Crippen molar-refractivity contribution in [1.82, 2.24) is 0 Å². The van der Waals surface area contributed by atoms with Crippen molar-refractivity contribution < 1.29 is 88.4 Å². The normalized spacial score (nSPS) is 8.69. The molecule has 8 heteroatoms. The van der Waals surface area contributed by atoms with E-state index in [-0.39, 0.29) is 59.1 Å². The number of rotatable bonds is 6. The number of aliphatic carboxylic acids is 2. The molecule has 0 saturated carbocycles. The molecule has 0 radical (unpaired) electrons. The first-order valence-electron chi connectivity index (χ1n) is 7.16. The fourth-order valence-electron chi connectivity index (χ4n) is 1.71. The van der Waals surface area contributed by atoms with Crippen LogP contribution in [0.2, 0.25) is 0 Å². The van der Waals surface area contributed by atoms with Crippen LogP contribution >= 0.6 is 0 Å². The quantitative estimate of drug-likeness (QED) is 0.466. The Bertz CT molecular complexity index is 631. The number of carbonyl (C=O) groups is 2. The maximum atomic E-state index is 10.0. The molecule has 26 heavy (non-hydrogen) atoms. The first-order valence-corrected chi connectivity index (χ1v) is 7.16. The number of ether oxygens (including phenoxy) is 2. The van der Waals surface area contributed by atoms with E-state index in [1.165, 1.54) is 0 Å². The Morgan fingerprint density at radius 3 is 1.31 bits per heavy atom. The van der Waals surface area contributed by atoms with E-state index in [9.17, 15) is 19.8 Å². The van der Waals surface area contributed by atoms with Crippen molar-refractivity contribution in [3.8, 4) is 11.5 Å². The summed E-state index contributed by atoms with van der Waals surface area (Å²) in [7, 11) is 0. The summed E-state index contributed by atoms with van der Waals surface area (Å²) < 4.78 is 9.87. The van der Waals surface area contributed by atoms with Gasteiger partial charge in [-0.25, -0.2) is 0 Å². The van der Waals surface area contributed by atoms with E-state index < -0.39 is 25.2 Å². The van der Waals surface area contributed by atoms with Gasteiger partial charge in [0.25, 0.3) is 0 Å². The van der Waals surface area contributed by atoms with E-state index in [0.717, 1.165) is 11.1 Å². The van der Waals surface area contributed by atoms with Gasteiger partial charge in [0.2, 0.25) is 0 Å². The standard InChI is InChI=1S/2C9H10O3.2Na/c2*1-7-4-2-3-5-8(7)12-6-9(10)11;;/h2*2-5H,6H2,1H3,(H,10,11);;/q;;2*+1/p-2. The molecule has 0 aliphatic carbocycles. The van der Waals surface area contributed by atoms with Crippen molar-refractivity contribution >= 4 is 11.9 Å². The minimum Gasteiger partial charge on any atom is -0.546 e. The van der Waals surface area contributed by atoms with Crippen LogP contribution in [0, 0.1) is 13.8 Å². The topological polar surface area (TPSA) is 98.7 Å².